The molecule has 0 heterocycles. The zero-order valence-electron chi connectivity index (χ0n) is 24.4. The van der Waals surface area contributed by atoms with Crippen molar-refractivity contribution in [2.24, 2.45) is 0 Å². The summed E-state index contributed by atoms with van der Waals surface area (Å²) in [5.74, 6) is 2.88. The maximum atomic E-state index is 3.34. The minimum atomic E-state index is 0. The van der Waals surface area contributed by atoms with Gasteiger partial charge in [-0.1, -0.05) is 154 Å². The molecule has 0 spiro atoms. The van der Waals surface area contributed by atoms with Crippen LogP contribution >= 0.6 is 24.8 Å². The molecule has 4 aliphatic carbocycles. The van der Waals surface area contributed by atoms with E-state index in [1.807, 2.05) is 0 Å². The summed E-state index contributed by atoms with van der Waals surface area (Å²) in [7, 11) is 0. The summed E-state index contributed by atoms with van der Waals surface area (Å²) in [4.78, 5) is 0. The third-order valence-electron chi connectivity index (χ3n) is 8.08. The van der Waals surface area contributed by atoms with Crippen molar-refractivity contribution in [1.29, 1.82) is 0 Å². The van der Waals surface area contributed by atoms with E-state index in [1.54, 1.807) is 0 Å². The van der Waals surface area contributed by atoms with E-state index in [-0.39, 0.29) is 24.8 Å². The fraction of sp³-hybridized carbons (Fsp3) is 0.0488. The molecule has 0 aromatic heterocycles. The number of allylic oxidation sites excluding steroid dienone is 16. The molecule has 0 radical (unpaired) electrons. The first-order chi connectivity index (χ1) is 20.9. The van der Waals surface area contributed by atoms with E-state index in [0.29, 0.717) is 0 Å². The molecule has 8 rings (SSSR count). The molecule has 216 valence electrons. The van der Waals surface area contributed by atoms with Crippen LogP contribution < -0.4 is 0 Å². The zero-order valence-corrected chi connectivity index (χ0v) is 28.5. The van der Waals surface area contributed by atoms with E-state index in [9.17, 15) is 0 Å². The normalized spacial score (nSPS) is 15.5. The van der Waals surface area contributed by atoms with Crippen molar-refractivity contribution in [2.45, 2.75) is 12.8 Å². The molecule has 0 bridgehead atoms. The maximum absolute atomic E-state index is 3.34. The molecule has 0 fully saturated rings. The van der Waals surface area contributed by atoms with Crippen molar-refractivity contribution >= 4 is 50.6 Å². The van der Waals surface area contributed by atoms with Crippen molar-refractivity contribution in [1.82, 2.24) is 0 Å². The zero-order chi connectivity index (χ0) is 28.7. The molecular formula is C41H34Cl2Zr. The van der Waals surface area contributed by atoms with Crippen LogP contribution in [-0.2, 0) is 24.2 Å². The topological polar surface area (TPSA) is 0 Å². The van der Waals surface area contributed by atoms with Gasteiger partial charge < -0.3 is 0 Å². The second-order valence-electron chi connectivity index (χ2n) is 10.4. The number of benzene rings is 4. The minimum absolute atomic E-state index is 0. The average molecular weight is 689 g/mol. The van der Waals surface area contributed by atoms with Gasteiger partial charge in [0, 0.05) is 0 Å². The molecule has 3 heteroatoms. The van der Waals surface area contributed by atoms with Crippen LogP contribution in [0.15, 0.2) is 180 Å². The Morgan fingerprint density at radius 2 is 0.886 bits per heavy atom. The molecule has 0 unspecified atom stereocenters. The molecule has 0 amide bonds. The molecule has 0 N–H and O–H groups in total. The Morgan fingerprint density at radius 3 is 1.34 bits per heavy atom. The van der Waals surface area contributed by atoms with Gasteiger partial charge in [0.2, 0.25) is 0 Å². The summed E-state index contributed by atoms with van der Waals surface area (Å²) in [6.07, 6.45) is 28.2. The van der Waals surface area contributed by atoms with E-state index < -0.39 is 0 Å². The van der Waals surface area contributed by atoms with Crippen LogP contribution in [-0.4, -0.2) is 4.21 Å². The van der Waals surface area contributed by atoms with Gasteiger partial charge >= 0.3 is 28.4 Å². The number of hydrogen-bond acceptors (Lipinski definition) is 0. The van der Waals surface area contributed by atoms with Gasteiger partial charge in [0.25, 0.3) is 0 Å². The summed E-state index contributed by atoms with van der Waals surface area (Å²) in [6, 6.07) is 30.4. The number of rotatable bonds is 2. The van der Waals surface area contributed by atoms with E-state index in [0.717, 1.165) is 12.8 Å². The van der Waals surface area contributed by atoms with Gasteiger partial charge in [0.15, 0.2) is 0 Å². The fourth-order valence-corrected chi connectivity index (χ4v) is 6.16. The van der Waals surface area contributed by atoms with Gasteiger partial charge in [-0.3, -0.25) is 0 Å². The predicted octanol–water partition coefficient (Wildman–Crippen LogP) is 11.1. The molecule has 4 aliphatic rings. The molecule has 0 atom stereocenters. The van der Waals surface area contributed by atoms with Crippen LogP contribution in [0, 0.1) is 11.8 Å². The molecule has 0 saturated carbocycles. The van der Waals surface area contributed by atoms with E-state index in [4.69, 9.17) is 0 Å². The Morgan fingerprint density at radius 1 is 0.477 bits per heavy atom. The van der Waals surface area contributed by atoms with Gasteiger partial charge in [-0.05, 0) is 12.8 Å². The number of hydrogen-bond donors (Lipinski definition) is 0. The quantitative estimate of drug-likeness (QED) is 0.184. The van der Waals surface area contributed by atoms with Gasteiger partial charge in [0.05, 0.1) is 0 Å². The molecule has 4 aromatic carbocycles. The van der Waals surface area contributed by atoms with Crippen molar-refractivity contribution in [3.05, 3.63) is 203 Å². The number of fused-ring (bicyclic) bond motifs is 4. The third kappa shape index (κ3) is 6.87. The summed E-state index contributed by atoms with van der Waals surface area (Å²) in [5.41, 5.74) is 8.15. The van der Waals surface area contributed by atoms with Gasteiger partial charge in [0.1, 0.15) is 0 Å². The standard InChI is InChI=1S/2C20H15.CH2.2ClH.Zr/c2*1-2-7-16-13-14-20(18(16)10-3-1)19-12-6-9-15-8-4-5-11-17(15)19;;;;/h2*1-13H,14H2;1H2;2*1H;/q2*-1;;;;+2. The Kier molecular flexibility index (Phi) is 12.0. The summed E-state index contributed by atoms with van der Waals surface area (Å²) < 4.78 is 3.34. The second-order valence-corrected chi connectivity index (χ2v) is 10.4. The van der Waals surface area contributed by atoms with E-state index >= 15 is 0 Å². The SMILES string of the molecule is C1=CC=C2C(=CC[C-]2c2cccc3ccccc23)C=C1.C1=CC=C2C(=CC[C-]2c2cccc3ccccc23)C=C1.Cl.Cl.[CH2]=[Zr+2]. The van der Waals surface area contributed by atoms with Gasteiger partial charge in [-0.15, -0.1) is 95.4 Å². The van der Waals surface area contributed by atoms with Gasteiger partial charge in [-0.25, -0.2) is 0 Å². The Hall–Kier alpha value is -3.61. The first-order valence-corrected chi connectivity index (χ1v) is 16.2. The van der Waals surface area contributed by atoms with Crippen molar-refractivity contribution in [2.75, 3.05) is 0 Å². The predicted molar refractivity (Wildman–Crippen MR) is 192 cm³/mol. The monoisotopic (exact) mass is 686 g/mol. The first-order valence-electron chi connectivity index (χ1n) is 14.4. The van der Waals surface area contributed by atoms with Crippen LogP contribution in [0.25, 0.3) is 21.5 Å². The Bertz CT molecular complexity index is 1730. The molecule has 0 nitrogen and oxygen atoms in total. The van der Waals surface area contributed by atoms with Crippen LogP contribution in [0.3, 0.4) is 0 Å². The summed E-state index contributed by atoms with van der Waals surface area (Å²) in [5, 5.41) is 5.31. The van der Waals surface area contributed by atoms with E-state index in [1.165, 1.54) is 91.0 Å². The van der Waals surface area contributed by atoms with Crippen LogP contribution in [0.4, 0.5) is 0 Å². The van der Waals surface area contributed by atoms with Crippen LogP contribution in [0.2, 0.25) is 0 Å². The Balaban J connectivity index is 0.000000182. The van der Waals surface area contributed by atoms with E-state index in [2.05, 4.69) is 162 Å². The van der Waals surface area contributed by atoms with Gasteiger partial charge in [-0.2, -0.15) is 0 Å². The molecule has 0 saturated heterocycles. The Labute approximate surface area is 288 Å². The number of halogens is 2. The average Bonchev–Trinajstić information content (AvgIpc) is 3.45. The summed E-state index contributed by atoms with van der Waals surface area (Å²) >= 11 is 1.30. The fourth-order valence-electron chi connectivity index (χ4n) is 6.16. The van der Waals surface area contributed by atoms with Crippen molar-refractivity contribution in [3.8, 4) is 0 Å². The molecule has 44 heavy (non-hydrogen) atoms. The van der Waals surface area contributed by atoms with Crippen molar-refractivity contribution in [3.63, 3.8) is 0 Å². The van der Waals surface area contributed by atoms with Crippen LogP contribution in [0.1, 0.15) is 24.0 Å². The summed E-state index contributed by atoms with van der Waals surface area (Å²) in [6.45, 7) is 0. The molecule has 0 aliphatic heterocycles. The molecule has 4 aromatic rings. The van der Waals surface area contributed by atoms with Crippen LogP contribution in [0.5, 0.6) is 0 Å². The third-order valence-corrected chi connectivity index (χ3v) is 8.08. The van der Waals surface area contributed by atoms with Crippen molar-refractivity contribution < 1.29 is 24.2 Å². The second kappa shape index (κ2) is 15.9. The molecular weight excluding hydrogens is 655 g/mol. The first kappa shape index (κ1) is 33.3.